The van der Waals surface area contributed by atoms with E-state index < -0.39 is 0 Å². The van der Waals surface area contributed by atoms with Crippen LogP contribution in [0.1, 0.15) is 17.3 Å². The van der Waals surface area contributed by atoms with Crippen molar-refractivity contribution in [3.05, 3.63) is 61.5 Å². The van der Waals surface area contributed by atoms with Crippen LogP contribution in [-0.4, -0.2) is 12.0 Å². The van der Waals surface area contributed by atoms with Crippen molar-refractivity contribution in [3.63, 3.8) is 0 Å². The Labute approximate surface area is 132 Å². The quantitative estimate of drug-likeness (QED) is 0.796. The lowest BCUT2D eigenvalue weighted by atomic mass is 10.0. The van der Waals surface area contributed by atoms with Gasteiger partial charge in [0.05, 0.1) is 11.7 Å². The number of aromatic nitrogens is 1. The minimum atomic E-state index is -0.358. The van der Waals surface area contributed by atoms with Crippen LogP contribution in [0.3, 0.4) is 0 Å². The summed E-state index contributed by atoms with van der Waals surface area (Å²) in [4.78, 5) is 4.33. The van der Waals surface area contributed by atoms with Crippen LogP contribution < -0.4 is 5.32 Å². The second-order valence-corrected chi connectivity index (χ2v) is 6.11. The van der Waals surface area contributed by atoms with Gasteiger partial charge in [0.1, 0.15) is 5.82 Å². The van der Waals surface area contributed by atoms with E-state index in [2.05, 4.69) is 42.2 Å². The van der Waals surface area contributed by atoms with E-state index in [4.69, 9.17) is 11.6 Å². The average Bonchev–Trinajstić information content (AvgIpc) is 2.34. The Hall–Kier alpha value is -0.490. The Morgan fingerprint density at radius 3 is 2.63 bits per heavy atom. The second-order valence-electron chi connectivity index (χ2n) is 3.91. The predicted molar refractivity (Wildman–Crippen MR) is 81.9 cm³/mol. The minimum absolute atomic E-state index is 0.347. The van der Waals surface area contributed by atoms with Gasteiger partial charge in [0, 0.05) is 25.7 Å². The van der Waals surface area contributed by atoms with Gasteiger partial charge in [0.15, 0.2) is 0 Å². The zero-order chi connectivity index (χ0) is 14.0. The van der Waals surface area contributed by atoms with Crippen LogP contribution in [0.25, 0.3) is 0 Å². The molecule has 0 saturated heterocycles. The van der Waals surface area contributed by atoms with E-state index in [1.165, 1.54) is 6.07 Å². The van der Waals surface area contributed by atoms with Gasteiger partial charge in [-0.3, -0.25) is 4.98 Å². The van der Waals surface area contributed by atoms with Crippen molar-refractivity contribution in [2.24, 2.45) is 0 Å². The maximum Gasteiger partial charge on any atom is 0.129 e. The number of benzene rings is 1. The van der Waals surface area contributed by atoms with E-state index in [0.29, 0.717) is 16.3 Å². The molecule has 19 heavy (non-hydrogen) atoms. The minimum Gasteiger partial charge on any atom is -0.308 e. The molecule has 2 nitrogen and oxygen atoms in total. The number of nitrogens with one attached hydrogen (secondary N) is 1. The van der Waals surface area contributed by atoms with Gasteiger partial charge in [0.25, 0.3) is 0 Å². The van der Waals surface area contributed by atoms with Gasteiger partial charge in [0.2, 0.25) is 0 Å². The Morgan fingerprint density at radius 2 is 2.05 bits per heavy atom. The van der Waals surface area contributed by atoms with E-state index in [1.807, 2.05) is 6.07 Å². The zero-order valence-corrected chi connectivity index (χ0v) is 13.9. The third kappa shape index (κ3) is 3.34. The van der Waals surface area contributed by atoms with E-state index in [9.17, 15) is 4.39 Å². The third-order valence-corrected chi connectivity index (χ3v) is 3.98. The molecule has 0 bridgehead atoms. The van der Waals surface area contributed by atoms with Crippen LogP contribution in [0.15, 0.2) is 39.4 Å². The van der Waals surface area contributed by atoms with Crippen LogP contribution in [-0.2, 0) is 0 Å². The van der Waals surface area contributed by atoms with Gasteiger partial charge in [-0.05, 0) is 57.1 Å². The molecule has 1 aromatic heterocycles. The molecular formula is C13H10Br2ClFN2. The monoisotopic (exact) mass is 406 g/mol. The molecule has 0 aliphatic heterocycles. The smallest absolute Gasteiger partial charge is 0.129 e. The van der Waals surface area contributed by atoms with Gasteiger partial charge in [-0.1, -0.05) is 17.7 Å². The maximum absolute atomic E-state index is 14.0. The number of rotatable bonds is 3. The summed E-state index contributed by atoms with van der Waals surface area (Å²) in [7, 11) is 1.76. The standard InChI is InChI=1S/C13H10Br2ClFN2/c1-18-12(9-3-2-8(16)5-11(9)17)13-10(15)4-7(14)6-19-13/h2-6,12,18H,1H3. The van der Waals surface area contributed by atoms with Crippen LogP contribution in [0, 0.1) is 5.82 Å². The van der Waals surface area contributed by atoms with Crippen LogP contribution in [0.2, 0.25) is 5.02 Å². The third-order valence-electron chi connectivity index (χ3n) is 2.67. The van der Waals surface area contributed by atoms with Gasteiger partial charge in [-0.15, -0.1) is 0 Å². The second kappa shape index (κ2) is 6.31. The van der Waals surface area contributed by atoms with Crippen molar-refractivity contribution in [2.45, 2.75) is 6.04 Å². The van der Waals surface area contributed by atoms with Gasteiger partial charge in [-0.25, -0.2) is 4.39 Å². The molecule has 2 rings (SSSR count). The van der Waals surface area contributed by atoms with E-state index in [-0.39, 0.29) is 11.9 Å². The summed E-state index contributed by atoms with van der Waals surface area (Å²) in [6, 6.07) is 6.15. The first kappa shape index (κ1) is 14.9. The molecule has 100 valence electrons. The largest absolute Gasteiger partial charge is 0.308 e. The van der Waals surface area contributed by atoms with E-state index in [0.717, 1.165) is 8.95 Å². The lowest BCUT2D eigenvalue weighted by molar-refractivity contribution is 0.569. The Kier molecular flexibility index (Phi) is 4.95. The molecule has 6 heteroatoms. The van der Waals surface area contributed by atoms with Crippen molar-refractivity contribution in [1.29, 1.82) is 0 Å². The van der Waals surface area contributed by atoms with Gasteiger partial charge in [-0.2, -0.15) is 0 Å². The number of hydrogen-bond donors (Lipinski definition) is 1. The summed E-state index contributed by atoms with van der Waals surface area (Å²) in [5.74, 6) is -0.358. The molecule has 0 spiro atoms. The van der Waals surface area contributed by atoms with Crippen LogP contribution in [0.5, 0.6) is 0 Å². The number of halogens is 4. The zero-order valence-electron chi connectivity index (χ0n) is 9.92. The fourth-order valence-electron chi connectivity index (χ4n) is 1.81. The van der Waals surface area contributed by atoms with Crippen molar-refractivity contribution >= 4 is 43.5 Å². The molecule has 1 N–H and O–H groups in total. The Bertz CT molecular complexity index is 556. The lowest BCUT2D eigenvalue weighted by Gasteiger charge is -2.18. The molecule has 0 amide bonds. The van der Waals surface area contributed by atoms with E-state index >= 15 is 0 Å². The molecule has 0 saturated carbocycles. The molecule has 0 aliphatic carbocycles. The molecular weight excluding hydrogens is 398 g/mol. The SMILES string of the molecule is CNC(c1ccc(Cl)cc1F)c1ncc(Br)cc1Br. The predicted octanol–water partition coefficient (Wildman–Crippen LogP) is 4.71. The molecule has 0 radical (unpaired) electrons. The number of nitrogens with zero attached hydrogens (tertiary/aromatic N) is 1. The fraction of sp³-hybridized carbons (Fsp3) is 0.154. The molecule has 0 aliphatic rings. The molecule has 0 fully saturated rings. The summed E-state index contributed by atoms with van der Waals surface area (Å²) in [5.41, 5.74) is 1.22. The average molecular weight is 408 g/mol. The lowest BCUT2D eigenvalue weighted by Crippen LogP contribution is -2.20. The van der Waals surface area contributed by atoms with Crippen LogP contribution in [0.4, 0.5) is 4.39 Å². The van der Waals surface area contributed by atoms with Crippen molar-refractivity contribution in [3.8, 4) is 0 Å². The van der Waals surface area contributed by atoms with Gasteiger partial charge >= 0.3 is 0 Å². The first-order chi connectivity index (χ1) is 9.02. The summed E-state index contributed by atoms with van der Waals surface area (Å²) < 4.78 is 15.7. The highest BCUT2D eigenvalue weighted by Gasteiger charge is 2.20. The first-order valence-corrected chi connectivity index (χ1v) is 7.42. The number of hydrogen-bond acceptors (Lipinski definition) is 2. The summed E-state index contributed by atoms with van der Waals surface area (Å²) >= 11 is 12.6. The highest BCUT2D eigenvalue weighted by molar-refractivity contribution is 9.11. The summed E-state index contributed by atoms with van der Waals surface area (Å²) in [6.07, 6.45) is 1.68. The molecule has 1 atom stereocenters. The van der Waals surface area contributed by atoms with Crippen LogP contribution >= 0.6 is 43.5 Å². The van der Waals surface area contributed by atoms with Crippen molar-refractivity contribution < 1.29 is 4.39 Å². The molecule has 1 aromatic carbocycles. The molecule has 1 heterocycles. The Morgan fingerprint density at radius 1 is 1.32 bits per heavy atom. The maximum atomic E-state index is 14.0. The highest BCUT2D eigenvalue weighted by Crippen LogP contribution is 2.30. The molecule has 1 unspecified atom stereocenters. The van der Waals surface area contributed by atoms with Crippen molar-refractivity contribution in [2.75, 3.05) is 7.05 Å². The summed E-state index contributed by atoms with van der Waals surface area (Å²) in [5, 5.41) is 3.44. The Balaban J connectivity index is 2.50. The topological polar surface area (TPSA) is 24.9 Å². The first-order valence-electron chi connectivity index (χ1n) is 5.46. The normalized spacial score (nSPS) is 12.5. The number of pyridine rings is 1. The fourth-order valence-corrected chi connectivity index (χ4v) is 3.19. The van der Waals surface area contributed by atoms with Crippen molar-refractivity contribution in [1.82, 2.24) is 10.3 Å². The summed E-state index contributed by atoms with van der Waals surface area (Å²) in [6.45, 7) is 0. The molecule has 2 aromatic rings. The van der Waals surface area contributed by atoms with E-state index in [1.54, 1.807) is 25.4 Å². The highest BCUT2D eigenvalue weighted by atomic mass is 79.9. The van der Waals surface area contributed by atoms with Gasteiger partial charge < -0.3 is 5.32 Å².